The monoisotopic (exact) mass is 366 g/mol. The van der Waals surface area contributed by atoms with E-state index < -0.39 is 0 Å². The van der Waals surface area contributed by atoms with Crippen molar-refractivity contribution in [1.82, 2.24) is 15.0 Å². The molecule has 0 saturated heterocycles. The second kappa shape index (κ2) is 7.15. The summed E-state index contributed by atoms with van der Waals surface area (Å²) in [5.41, 5.74) is 2.83. The molecule has 0 amide bonds. The minimum Gasteiger partial charge on any atom is -0.395 e. The summed E-state index contributed by atoms with van der Waals surface area (Å²) in [6.45, 7) is 0.383. The normalized spacial score (nSPS) is 11.0. The molecule has 3 aromatic heterocycles. The average molecular weight is 366 g/mol. The van der Waals surface area contributed by atoms with Crippen molar-refractivity contribution in [3.8, 4) is 21.6 Å². The third-order valence-electron chi connectivity index (χ3n) is 3.97. The zero-order chi connectivity index (χ0) is 17.9. The van der Waals surface area contributed by atoms with Crippen LogP contribution < -0.4 is 5.32 Å². The molecule has 1 aromatic carbocycles. The summed E-state index contributed by atoms with van der Waals surface area (Å²) in [7, 11) is 0. The number of anilines is 1. The van der Waals surface area contributed by atoms with Crippen LogP contribution in [0.2, 0.25) is 0 Å². The van der Waals surface area contributed by atoms with Crippen LogP contribution in [0.25, 0.3) is 31.8 Å². The molecule has 4 rings (SSSR count). The van der Waals surface area contributed by atoms with Crippen LogP contribution in [0.1, 0.15) is 0 Å². The lowest BCUT2D eigenvalue weighted by atomic mass is 10.00. The lowest BCUT2D eigenvalue weighted by molar-refractivity contribution is 0.311. The van der Waals surface area contributed by atoms with Crippen LogP contribution >= 0.6 is 11.3 Å². The fourth-order valence-electron chi connectivity index (χ4n) is 2.84. The summed E-state index contributed by atoms with van der Waals surface area (Å²) in [5, 5.41) is 13.2. The van der Waals surface area contributed by atoms with Crippen LogP contribution in [-0.2, 0) is 0 Å². The standard InChI is InChI=1S/C19H15FN4OS/c20-14-3-1-12(2-4-14)15-16-18(22-9-10-25)23-11-24-19(16)26-17(15)13-5-7-21-8-6-13/h1-8,11,25H,9-10H2,(H,22,23,24). The molecule has 0 radical (unpaired) electrons. The van der Waals surface area contributed by atoms with Gasteiger partial charge in [-0.3, -0.25) is 4.98 Å². The number of rotatable bonds is 5. The summed E-state index contributed by atoms with van der Waals surface area (Å²) < 4.78 is 13.4. The van der Waals surface area contributed by atoms with Crippen molar-refractivity contribution in [1.29, 1.82) is 0 Å². The van der Waals surface area contributed by atoms with Crippen LogP contribution in [0.3, 0.4) is 0 Å². The van der Waals surface area contributed by atoms with Crippen LogP contribution in [0.4, 0.5) is 10.2 Å². The predicted molar refractivity (Wildman–Crippen MR) is 102 cm³/mol. The van der Waals surface area contributed by atoms with E-state index in [-0.39, 0.29) is 12.4 Å². The van der Waals surface area contributed by atoms with Crippen LogP contribution in [0.15, 0.2) is 55.1 Å². The van der Waals surface area contributed by atoms with E-state index in [1.165, 1.54) is 18.5 Å². The molecule has 0 spiro atoms. The number of aliphatic hydroxyl groups excluding tert-OH is 1. The van der Waals surface area contributed by atoms with Crippen molar-refractivity contribution in [2.24, 2.45) is 0 Å². The van der Waals surface area contributed by atoms with Gasteiger partial charge < -0.3 is 10.4 Å². The molecule has 7 heteroatoms. The molecule has 0 aliphatic heterocycles. The van der Waals surface area contributed by atoms with E-state index in [1.54, 1.807) is 35.9 Å². The zero-order valence-electron chi connectivity index (χ0n) is 13.7. The van der Waals surface area contributed by atoms with Gasteiger partial charge in [-0.15, -0.1) is 11.3 Å². The highest BCUT2D eigenvalue weighted by molar-refractivity contribution is 7.22. The Morgan fingerprint density at radius 2 is 1.77 bits per heavy atom. The minimum atomic E-state index is -0.284. The molecule has 0 saturated carbocycles. The molecule has 0 bridgehead atoms. The van der Waals surface area contributed by atoms with E-state index >= 15 is 0 Å². The summed E-state index contributed by atoms with van der Waals surface area (Å²) in [6.07, 6.45) is 4.98. The summed E-state index contributed by atoms with van der Waals surface area (Å²) in [6, 6.07) is 10.3. The van der Waals surface area contributed by atoms with Gasteiger partial charge in [0, 0.05) is 29.4 Å². The first-order valence-electron chi connectivity index (χ1n) is 8.06. The number of thiophene rings is 1. The van der Waals surface area contributed by atoms with Gasteiger partial charge in [0.25, 0.3) is 0 Å². The van der Waals surface area contributed by atoms with E-state index in [4.69, 9.17) is 5.11 Å². The van der Waals surface area contributed by atoms with E-state index in [9.17, 15) is 4.39 Å². The Balaban J connectivity index is 2.01. The number of hydrogen-bond donors (Lipinski definition) is 2. The molecule has 0 fully saturated rings. The maximum Gasteiger partial charge on any atom is 0.138 e. The summed E-state index contributed by atoms with van der Waals surface area (Å²) in [5.74, 6) is 0.369. The number of aromatic nitrogens is 3. The highest BCUT2D eigenvalue weighted by Crippen LogP contribution is 2.45. The van der Waals surface area contributed by atoms with Gasteiger partial charge in [-0.25, -0.2) is 14.4 Å². The molecule has 0 unspecified atom stereocenters. The molecule has 2 N–H and O–H groups in total. The van der Waals surface area contributed by atoms with Crippen molar-refractivity contribution < 1.29 is 9.50 Å². The Bertz CT molecular complexity index is 1030. The van der Waals surface area contributed by atoms with Crippen molar-refractivity contribution in [2.75, 3.05) is 18.5 Å². The molecule has 5 nitrogen and oxygen atoms in total. The zero-order valence-corrected chi connectivity index (χ0v) is 14.5. The Hall–Kier alpha value is -2.90. The first-order chi connectivity index (χ1) is 12.8. The smallest absolute Gasteiger partial charge is 0.138 e. The van der Waals surface area contributed by atoms with Crippen molar-refractivity contribution in [3.63, 3.8) is 0 Å². The molecule has 26 heavy (non-hydrogen) atoms. The van der Waals surface area contributed by atoms with Crippen LogP contribution in [-0.4, -0.2) is 33.2 Å². The Labute approximate surface area is 153 Å². The number of nitrogens with zero attached hydrogens (tertiary/aromatic N) is 3. The van der Waals surface area contributed by atoms with Gasteiger partial charge >= 0.3 is 0 Å². The Morgan fingerprint density at radius 3 is 2.50 bits per heavy atom. The van der Waals surface area contributed by atoms with Crippen molar-refractivity contribution in [2.45, 2.75) is 0 Å². The third-order valence-corrected chi connectivity index (χ3v) is 5.11. The first-order valence-corrected chi connectivity index (χ1v) is 8.88. The number of pyridine rings is 1. The third kappa shape index (κ3) is 3.02. The molecule has 0 atom stereocenters. The summed E-state index contributed by atoms with van der Waals surface area (Å²) in [4.78, 5) is 14.7. The fourth-order valence-corrected chi connectivity index (χ4v) is 4.01. The molecular formula is C19H15FN4OS. The van der Waals surface area contributed by atoms with E-state index in [2.05, 4.69) is 20.3 Å². The molecule has 3 heterocycles. The number of aliphatic hydroxyl groups is 1. The van der Waals surface area contributed by atoms with Crippen LogP contribution in [0.5, 0.6) is 0 Å². The lowest BCUT2D eigenvalue weighted by Crippen LogP contribution is -2.07. The number of halogens is 1. The maximum atomic E-state index is 13.4. The second-order valence-electron chi connectivity index (χ2n) is 5.60. The van der Waals surface area contributed by atoms with Gasteiger partial charge in [0.1, 0.15) is 22.8 Å². The highest BCUT2D eigenvalue weighted by Gasteiger charge is 2.20. The lowest BCUT2D eigenvalue weighted by Gasteiger charge is -2.09. The molecule has 4 aromatic rings. The van der Waals surface area contributed by atoms with Gasteiger partial charge in [-0.2, -0.15) is 0 Å². The van der Waals surface area contributed by atoms with Gasteiger partial charge in [0.15, 0.2) is 0 Å². The largest absolute Gasteiger partial charge is 0.395 e. The Kier molecular flexibility index (Phi) is 4.55. The second-order valence-corrected chi connectivity index (χ2v) is 6.60. The maximum absolute atomic E-state index is 13.4. The average Bonchev–Trinajstić information content (AvgIpc) is 3.08. The number of hydrogen-bond acceptors (Lipinski definition) is 6. The van der Waals surface area contributed by atoms with Gasteiger partial charge in [-0.05, 0) is 35.4 Å². The molecule has 0 aliphatic carbocycles. The van der Waals surface area contributed by atoms with Crippen molar-refractivity contribution in [3.05, 3.63) is 60.9 Å². The summed E-state index contributed by atoms with van der Waals surface area (Å²) >= 11 is 1.55. The minimum absolute atomic E-state index is 0.00126. The molecule has 0 aliphatic rings. The van der Waals surface area contributed by atoms with Gasteiger partial charge in [-0.1, -0.05) is 12.1 Å². The highest BCUT2D eigenvalue weighted by atomic mass is 32.1. The quantitative estimate of drug-likeness (QED) is 0.559. The molecule has 130 valence electrons. The first kappa shape index (κ1) is 16.6. The van der Waals surface area contributed by atoms with Gasteiger partial charge in [0.2, 0.25) is 0 Å². The van der Waals surface area contributed by atoms with E-state index in [0.29, 0.717) is 12.4 Å². The van der Waals surface area contributed by atoms with Crippen LogP contribution in [0, 0.1) is 5.82 Å². The van der Waals surface area contributed by atoms with E-state index in [1.807, 2.05) is 12.1 Å². The topological polar surface area (TPSA) is 70.9 Å². The predicted octanol–water partition coefficient (Wildman–Crippen LogP) is 3.96. The SMILES string of the molecule is OCCNc1ncnc2sc(-c3ccncc3)c(-c3ccc(F)cc3)c12. The number of nitrogens with one attached hydrogen (secondary N) is 1. The fraction of sp³-hybridized carbons (Fsp3) is 0.105. The van der Waals surface area contributed by atoms with E-state index in [0.717, 1.165) is 31.8 Å². The molecular weight excluding hydrogens is 351 g/mol. The van der Waals surface area contributed by atoms with Gasteiger partial charge in [0.05, 0.1) is 12.0 Å². The number of benzene rings is 1. The number of fused-ring (bicyclic) bond motifs is 1. The Morgan fingerprint density at radius 1 is 1.00 bits per heavy atom. The van der Waals surface area contributed by atoms with Crippen molar-refractivity contribution >= 4 is 27.4 Å².